The molecule has 0 saturated carbocycles. The van der Waals surface area contributed by atoms with Crippen LogP contribution in [0.5, 0.6) is 0 Å². The first-order valence-corrected chi connectivity index (χ1v) is 20.3. The SMILES string of the molecule is C=[C]([C@@H]1C[C@H](CCc2ccccc2)O[C@@H]1CCc1ccccc1)[Sn]([CH3])([CH3])[CH3]. The molecule has 3 rings (SSSR count). The van der Waals surface area contributed by atoms with Crippen LogP contribution in [0.4, 0.5) is 0 Å². The minimum atomic E-state index is -2.13. The second-order valence-corrected chi connectivity index (χ2v) is 23.6. The molecular weight excluding hydrogens is 435 g/mol. The van der Waals surface area contributed by atoms with E-state index < -0.39 is 18.4 Å². The molecule has 3 atom stereocenters. The van der Waals surface area contributed by atoms with Gasteiger partial charge in [0.25, 0.3) is 0 Å². The summed E-state index contributed by atoms with van der Waals surface area (Å²) in [6, 6.07) is 21.6. The van der Waals surface area contributed by atoms with Gasteiger partial charge in [0.15, 0.2) is 0 Å². The average molecular weight is 469 g/mol. The van der Waals surface area contributed by atoms with Gasteiger partial charge in [-0.1, -0.05) is 0 Å². The summed E-state index contributed by atoms with van der Waals surface area (Å²) < 4.78 is 8.17. The molecule has 0 amide bonds. The zero-order valence-electron chi connectivity index (χ0n) is 17.2. The van der Waals surface area contributed by atoms with E-state index >= 15 is 0 Å². The van der Waals surface area contributed by atoms with Gasteiger partial charge in [-0.15, -0.1) is 0 Å². The third-order valence-electron chi connectivity index (χ3n) is 5.90. The molecule has 1 saturated heterocycles. The Morgan fingerprint density at radius 1 is 0.889 bits per heavy atom. The second kappa shape index (κ2) is 9.43. The van der Waals surface area contributed by atoms with Crippen molar-refractivity contribution in [2.75, 3.05) is 0 Å². The molecule has 0 N–H and O–H groups in total. The minimum absolute atomic E-state index is 0.342. The van der Waals surface area contributed by atoms with E-state index in [1.54, 1.807) is 3.59 Å². The van der Waals surface area contributed by atoms with Crippen molar-refractivity contribution in [3.63, 3.8) is 0 Å². The number of aryl methyl sites for hydroxylation is 2. The van der Waals surface area contributed by atoms with Crippen molar-refractivity contribution < 1.29 is 4.74 Å². The third kappa shape index (κ3) is 5.96. The summed E-state index contributed by atoms with van der Waals surface area (Å²) in [5.41, 5.74) is 2.83. The van der Waals surface area contributed by atoms with Gasteiger partial charge in [0.05, 0.1) is 0 Å². The van der Waals surface area contributed by atoms with E-state index in [0.717, 1.165) is 25.7 Å². The molecule has 144 valence electrons. The van der Waals surface area contributed by atoms with E-state index in [1.807, 2.05) is 0 Å². The molecule has 1 aliphatic heterocycles. The molecule has 2 aromatic carbocycles. The van der Waals surface area contributed by atoms with Gasteiger partial charge in [-0.05, 0) is 0 Å². The third-order valence-corrected chi connectivity index (χ3v) is 12.5. The maximum atomic E-state index is 6.61. The number of hydrogen-bond donors (Lipinski definition) is 0. The summed E-state index contributed by atoms with van der Waals surface area (Å²) in [6.07, 6.45) is 6.32. The van der Waals surface area contributed by atoms with Crippen molar-refractivity contribution in [2.24, 2.45) is 5.92 Å². The Balaban J connectivity index is 1.63. The van der Waals surface area contributed by atoms with Crippen LogP contribution in [-0.4, -0.2) is 30.6 Å². The summed E-state index contributed by atoms with van der Waals surface area (Å²) in [4.78, 5) is 7.47. The molecule has 2 heteroatoms. The fraction of sp³-hybridized carbons (Fsp3) is 0.440. The molecule has 1 aliphatic rings. The molecule has 27 heavy (non-hydrogen) atoms. The first kappa shape index (κ1) is 20.7. The van der Waals surface area contributed by atoms with Crippen LogP contribution < -0.4 is 0 Å². The number of hydrogen-bond acceptors (Lipinski definition) is 1. The Hall–Kier alpha value is -1.06. The van der Waals surface area contributed by atoms with Crippen LogP contribution in [0.15, 0.2) is 70.8 Å². The van der Waals surface area contributed by atoms with Crippen molar-refractivity contribution in [3.05, 3.63) is 82.0 Å². The Kier molecular flexibility index (Phi) is 7.21. The van der Waals surface area contributed by atoms with E-state index in [9.17, 15) is 0 Å². The van der Waals surface area contributed by atoms with Crippen LogP contribution >= 0.6 is 0 Å². The van der Waals surface area contributed by atoms with Gasteiger partial charge in [0, 0.05) is 0 Å². The van der Waals surface area contributed by atoms with Crippen molar-refractivity contribution in [1.82, 2.24) is 0 Å². The zero-order chi connectivity index (χ0) is 19.3. The first-order chi connectivity index (χ1) is 12.9. The summed E-state index contributed by atoms with van der Waals surface area (Å²) in [5, 5.41) is 0. The van der Waals surface area contributed by atoms with E-state index in [4.69, 9.17) is 4.74 Å². The second-order valence-electron chi connectivity index (χ2n) is 8.96. The van der Waals surface area contributed by atoms with Crippen LogP contribution in [0.1, 0.15) is 30.4 Å². The van der Waals surface area contributed by atoms with Gasteiger partial charge in [0.2, 0.25) is 0 Å². The predicted octanol–water partition coefficient (Wildman–Crippen LogP) is 6.46. The molecule has 1 nitrogen and oxygen atoms in total. The van der Waals surface area contributed by atoms with Crippen molar-refractivity contribution in [1.29, 1.82) is 0 Å². The number of rotatable bonds is 8. The van der Waals surface area contributed by atoms with Gasteiger partial charge < -0.3 is 0 Å². The van der Waals surface area contributed by atoms with Crippen LogP contribution in [0.2, 0.25) is 14.8 Å². The van der Waals surface area contributed by atoms with E-state index in [1.165, 1.54) is 17.5 Å². The van der Waals surface area contributed by atoms with Crippen LogP contribution in [0.3, 0.4) is 0 Å². The van der Waals surface area contributed by atoms with Gasteiger partial charge in [-0.2, -0.15) is 0 Å². The standard InChI is InChI=1S/C22H25O.3CH3.Sn/c1-2-20-17-21(15-13-18-9-5-3-6-10-18)23-22(20)16-14-19-11-7-4-8-12-19;;;;/h3-12,20-22H,1,13-17H2;3*1H3;/t20-,21+,22-;;;;/m1..../s1. The molecule has 1 heterocycles. The topological polar surface area (TPSA) is 9.23 Å². The molecule has 0 aliphatic carbocycles. The fourth-order valence-corrected chi connectivity index (χ4v) is 8.18. The summed E-state index contributed by atoms with van der Waals surface area (Å²) in [6.45, 7) is 4.58. The molecule has 0 bridgehead atoms. The van der Waals surface area contributed by atoms with Crippen molar-refractivity contribution in [3.8, 4) is 0 Å². The van der Waals surface area contributed by atoms with Crippen LogP contribution in [0, 0.1) is 5.92 Å². The predicted molar refractivity (Wildman–Crippen MR) is 119 cm³/mol. The first-order valence-electron chi connectivity index (χ1n) is 10.4. The molecule has 0 spiro atoms. The molecule has 2 aromatic rings. The van der Waals surface area contributed by atoms with Crippen molar-refractivity contribution >= 4 is 18.4 Å². The summed E-state index contributed by atoms with van der Waals surface area (Å²) >= 11 is -2.13. The van der Waals surface area contributed by atoms with E-state index in [-0.39, 0.29) is 0 Å². The summed E-state index contributed by atoms with van der Waals surface area (Å²) in [7, 11) is 0. The quantitative estimate of drug-likeness (QED) is 0.404. The Morgan fingerprint density at radius 3 is 1.93 bits per heavy atom. The summed E-state index contributed by atoms with van der Waals surface area (Å²) in [5.74, 6) is 0.560. The van der Waals surface area contributed by atoms with Crippen LogP contribution in [0.25, 0.3) is 0 Å². The van der Waals surface area contributed by atoms with Crippen LogP contribution in [-0.2, 0) is 17.6 Å². The Bertz CT molecular complexity index is 717. The number of ether oxygens (including phenoxy) is 1. The maximum absolute atomic E-state index is 6.61. The Morgan fingerprint density at radius 2 is 1.41 bits per heavy atom. The van der Waals surface area contributed by atoms with Gasteiger partial charge in [-0.3, -0.25) is 0 Å². The molecular formula is C25H34OSn. The van der Waals surface area contributed by atoms with E-state index in [2.05, 4.69) is 82.1 Å². The molecule has 0 radical (unpaired) electrons. The van der Waals surface area contributed by atoms with Gasteiger partial charge in [0.1, 0.15) is 0 Å². The number of benzene rings is 2. The zero-order valence-corrected chi connectivity index (χ0v) is 20.0. The average Bonchev–Trinajstić information content (AvgIpc) is 3.08. The monoisotopic (exact) mass is 470 g/mol. The normalized spacial score (nSPS) is 22.7. The van der Waals surface area contributed by atoms with Gasteiger partial charge >= 0.3 is 170 Å². The van der Waals surface area contributed by atoms with E-state index in [0.29, 0.717) is 18.1 Å². The fourth-order valence-electron chi connectivity index (χ4n) is 4.14. The molecule has 0 unspecified atom stereocenters. The van der Waals surface area contributed by atoms with Crippen molar-refractivity contribution in [2.45, 2.75) is 59.1 Å². The molecule has 1 fully saturated rings. The van der Waals surface area contributed by atoms with Gasteiger partial charge in [-0.25, -0.2) is 0 Å². The molecule has 0 aromatic heterocycles. The Labute approximate surface area is 169 Å².